The third kappa shape index (κ3) is 3.62. The standard InChI is InChI=1S/C16H23N3O4/c1-18(2)15-14(16(21)23-4)12(10-13(20)22-3)17-19(15)11-8-6-5-7-9-11/h5-9,12,14-15,17H,10H2,1-4H3. The smallest absolute Gasteiger partial charge is 0.313 e. The highest BCUT2D eigenvalue weighted by molar-refractivity contribution is 5.78. The summed E-state index contributed by atoms with van der Waals surface area (Å²) in [5.41, 5.74) is 4.17. The predicted octanol–water partition coefficient (Wildman–Crippen LogP) is 0.620. The molecule has 0 spiro atoms. The van der Waals surface area contributed by atoms with Gasteiger partial charge in [0.15, 0.2) is 0 Å². The van der Waals surface area contributed by atoms with E-state index >= 15 is 0 Å². The Morgan fingerprint density at radius 1 is 1.17 bits per heavy atom. The first-order valence-corrected chi connectivity index (χ1v) is 7.41. The molecule has 0 amide bonds. The van der Waals surface area contributed by atoms with Crippen molar-refractivity contribution in [1.29, 1.82) is 0 Å². The molecule has 23 heavy (non-hydrogen) atoms. The van der Waals surface area contributed by atoms with Crippen molar-refractivity contribution in [2.24, 2.45) is 5.92 Å². The summed E-state index contributed by atoms with van der Waals surface area (Å²) in [6.45, 7) is 0. The molecule has 1 saturated heterocycles. The van der Waals surface area contributed by atoms with Crippen LogP contribution in [0.3, 0.4) is 0 Å². The van der Waals surface area contributed by atoms with Crippen LogP contribution in [0.1, 0.15) is 6.42 Å². The lowest BCUT2D eigenvalue weighted by Gasteiger charge is -2.32. The lowest BCUT2D eigenvalue weighted by atomic mass is 9.95. The maximum Gasteiger partial charge on any atom is 0.313 e. The van der Waals surface area contributed by atoms with E-state index in [-0.39, 0.29) is 24.5 Å². The molecule has 0 radical (unpaired) electrons. The molecule has 1 heterocycles. The van der Waals surface area contributed by atoms with E-state index in [0.717, 1.165) is 5.69 Å². The molecule has 7 nitrogen and oxygen atoms in total. The average molecular weight is 321 g/mol. The molecule has 3 atom stereocenters. The number of hydrogen-bond donors (Lipinski definition) is 1. The number of benzene rings is 1. The quantitative estimate of drug-likeness (QED) is 0.797. The number of nitrogens with one attached hydrogen (secondary N) is 1. The van der Waals surface area contributed by atoms with E-state index in [1.165, 1.54) is 14.2 Å². The monoisotopic (exact) mass is 321 g/mol. The number of carbonyl (C=O) groups excluding carboxylic acids is 2. The van der Waals surface area contributed by atoms with Crippen molar-refractivity contribution in [1.82, 2.24) is 10.3 Å². The van der Waals surface area contributed by atoms with Crippen LogP contribution in [0.15, 0.2) is 30.3 Å². The number of para-hydroxylation sites is 1. The zero-order valence-corrected chi connectivity index (χ0v) is 13.9. The maximum absolute atomic E-state index is 12.3. The van der Waals surface area contributed by atoms with Crippen molar-refractivity contribution in [3.63, 3.8) is 0 Å². The van der Waals surface area contributed by atoms with Crippen LogP contribution in [0.5, 0.6) is 0 Å². The van der Waals surface area contributed by atoms with Gasteiger partial charge in [-0.25, -0.2) is 5.43 Å². The Labute approximate surface area is 136 Å². The summed E-state index contributed by atoms with van der Waals surface area (Å²) in [5, 5.41) is 1.90. The Hall–Kier alpha value is -2.12. The number of hydrogen-bond acceptors (Lipinski definition) is 7. The number of anilines is 1. The number of hydrazine groups is 1. The van der Waals surface area contributed by atoms with E-state index in [9.17, 15) is 9.59 Å². The summed E-state index contributed by atoms with van der Waals surface area (Å²) < 4.78 is 9.71. The predicted molar refractivity (Wildman–Crippen MR) is 85.5 cm³/mol. The normalized spacial score (nSPS) is 23.9. The molecule has 1 N–H and O–H groups in total. The fourth-order valence-corrected chi connectivity index (χ4v) is 2.93. The van der Waals surface area contributed by atoms with Crippen LogP contribution in [0.25, 0.3) is 0 Å². The first kappa shape index (κ1) is 17.2. The molecule has 0 saturated carbocycles. The lowest BCUT2D eigenvalue weighted by molar-refractivity contribution is -0.148. The van der Waals surface area contributed by atoms with E-state index in [1.54, 1.807) is 0 Å². The molecule has 1 aromatic carbocycles. The second kappa shape index (κ2) is 7.43. The number of esters is 2. The van der Waals surface area contributed by atoms with Crippen LogP contribution in [0.2, 0.25) is 0 Å². The topological polar surface area (TPSA) is 71.1 Å². The molecule has 1 fully saturated rings. The van der Waals surface area contributed by atoms with Crippen LogP contribution < -0.4 is 10.4 Å². The molecule has 1 aliphatic rings. The van der Waals surface area contributed by atoms with E-state index in [1.807, 2.05) is 54.3 Å². The zero-order chi connectivity index (χ0) is 17.0. The molecule has 2 rings (SSSR count). The van der Waals surface area contributed by atoms with Crippen molar-refractivity contribution >= 4 is 17.6 Å². The van der Waals surface area contributed by atoms with Crippen LogP contribution in [-0.4, -0.2) is 57.4 Å². The Morgan fingerprint density at radius 3 is 2.35 bits per heavy atom. The van der Waals surface area contributed by atoms with Gasteiger partial charge in [-0.15, -0.1) is 0 Å². The van der Waals surface area contributed by atoms with Gasteiger partial charge in [-0.2, -0.15) is 0 Å². The SMILES string of the molecule is COC(=O)CC1NN(c2ccccc2)C(N(C)C)C1C(=O)OC. The largest absolute Gasteiger partial charge is 0.469 e. The summed E-state index contributed by atoms with van der Waals surface area (Å²) in [5.74, 6) is -1.25. The van der Waals surface area contributed by atoms with Crippen LogP contribution in [0.4, 0.5) is 5.69 Å². The molecular weight excluding hydrogens is 298 g/mol. The van der Waals surface area contributed by atoms with Gasteiger partial charge in [-0.05, 0) is 26.2 Å². The Balaban J connectivity index is 2.36. The van der Waals surface area contributed by atoms with Crippen molar-refractivity contribution in [2.75, 3.05) is 33.3 Å². The second-order valence-electron chi connectivity index (χ2n) is 5.65. The van der Waals surface area contributed by atoms with Gasteiger partial charge < -0.3 is 9.47 Å². The minimum atomic E-state index is -0.519. The van der Waals surface area contributed by atoms with Crippen molar-refractivity contribution in [3.05, 3.63) is 30.3 Å². The molecular formula is C16H23N3O4. The van der Waals surface area contributed by atoms with Gasteiger partial charge >= 0.3 is 11.9 Å². The molecule has 126 valence electrons. The molecule has 1 aromatic rings. The fraction of sp³-hybridized carbons (Fsp3) is 0.500. The van der Waals surface area contributed by atoms with E-state index in [2.05, 4.69) is 5.43 Å². The highest BCUT2D eigenvalue weighted by atomic mass is 16.5. The molecule has 1 aliphatic heterocycles. The summed E-state index contributed by atoms with van der Waals surface area (Å²) in [4.78, 5) is 25.9. The highest BCUT2D eigenvalue weighted by Gasteiger charge is 2.48. The van der Waals surface area contributed by atoms with Crippen molar-refractivity contribution < 1.29 is 19.1 Å². The third-order valence-corrected chi connectivity index (χ3v) is 3.98. The van der Waals surface area contributed by atoms with Crippen LogP contribution in [0, 0.1) is 5.92 Å². The Morgan fingerprint density at radius 2 is 1.83 bits per heavy atom. The summed E-state index contributed by atoms with van der Waals surface area (Å²) in [6.07, 6.45) is -0.191. The summed E-state index contributed by atoms with van der Waals surface area (Å²) in [6, 6.07) is 9.25. The van der Waals surface area contributed by atoms with Gasteiger partial charge in [-0.3, -0.25) is 19.5 Å². The maximum atomic E-state index is 12.3. The van der Waals surface area contributed by atoms with Crippen LogP contribution >= 0.6 is 0 Å². The minimum Gasteiger partial charge on any atom is -0.469 e. The number of methoxy groups -OCH3 is 2. The lowest BCUT2D eigenvalue weighted by Crippen LogP contribution is -2.48. The molecule has 0 bridgehead atoms. The number of carbonyl (C=O) groups is 2. The first-order valence-electron chi connectivity index (χ1n) is 7.41. The first-order chi connectivity index (χ1) is 11.0. The van der Waals surface area contributed by atoms with Crippen LogP contribution in [-0.2, 0) is 19.1 Å². The van der Waals surface area contributed by atoms with E-state index in [0.29, 0.717) is 0 Å². The van der Waals surface area contributed by atoms with Gasteiger partial charge in [0.25, 0.3) is 0 Å². The highest BCUT2D eigenvalue weighted by Crippen LogP contribution is 2.31. The third-order valence-electron chi connectivity index (χ3n) is 3.98. The Kier molecular flexibility index (Phi) is 5.57. The Bertz CT molecular complexity index is 550. The van der Waals surface area contributed by atoms with Gasteiger partial charge in [0.1, 0.15) is 12.1 Å². The van der Waals surface area contributed by atoms with Gasteiger partial charge in [-0.1, -0.05) is 18.2 Å². The van der Waals surface area contributed by atoms with Gasteiger partial charge in [0.05, 0.1) is 32.4 Å². The van der Waals surface area contributed by atoms with Crippen molar-refractivity contribution in [3.8, 4) is 0 Å². The average Bonchev–Trinajstić information content (AvgIpc) is 2.94. The minimum absolute atomic E-state index is 0.0872. The van der Waals surface area contributed by atoms with E-state index < -0.39 is 12.0 Å². The second-order valence-corrected chi connectivity index (χ2v) is 5.65. The summed E-state index contributed by atoms with van der Waals surface area (Å²) >= 11 is 0. The number of rotatable bonds is 5. The summed E-state index contributed by atoms with van der Waals surface area (Å²) in [7, 11) is 6.47. The molecule has 3 unspecified atom stereocenters. The molecule has 7 heteroatoms. The fourth-order valence-electron chi connectivity index (χ4n) is 2.93. The van der Waals surface area contributed by atoms with Gasteiger partial charge in [0, 0.05) is 0 Å². The zero-order valence-electron chi connectivity index (χ0n) is 13.9. The van der Waals surface area contributed by atoms with Crippen molar-refractivity contribution in [2.45, 2.75) is 18.6 Å². The van der Waals surface area contributed by atoms with Gasteiger partial charge in [0.2, 0.25) is 0 Å². The number of nitrogens with zero attached hydrogens (tertiary/aromatic N) is 2. The molecule has 0 aliphatic carbocycles. The van der Waals surface area contributed by atoms with E-state index in [4.69, 9.17) is 9.47 Å². The number of ether oxygens (including phenoxy) is 2. The molecule has 0 aromatic heterocycles.